The van der Waals surface area contributed by atoms with Crippen LogP contribution in [0.5, 0.6) is 0 Å². The van der Waals surface area contributed by atoms with Crippen molar-refractivity contribution in [2.24, 2.45) is 11.3 Å². The maximum Gasteiger partial charge on any atom is 0.261 e. The van der Waals surface area contributed by atoms with Crippen molar-refractivity contribution in [2.75, 3.05) is 13.2 Å². The third kappa shape index (κ3) is 4.07. The Hall–Kier alpha value is -0.870. The van der Waals surface area contributed by atoms with E-state index in [1.807, 2.05) is 17.5 Å². The predicted octanol–water partition coefficient (Wildman–Crippen LogP) is 4.10. The van der Waals surface area contributed by atoms with Crippen molar-refractivity contribution in [2.45, 2.75) is 52.6 Å². The zero-order valence-corrected chi connectivity index (χ0v) is 14.4. The molecule has 1 aromatic rings. The number of hydrogen-bond donors (Lipinski definition) is 1. The Bertz CT molecular complexity index is 467. The molecule has 1 unspecified atom stereocenters. The summed E-state index contributed by atoms with van der Waals surface area (Å²) in [6.07, 6.45) is 3.17. The molecule has 0 radical (unpaired) electrons. The minimum Gasteiger partial charge on any atom is -0.376 e. The summed E-state index contributed by atoms with van der Waals surface area (Å²) in [7, 11) is 0. The lowest BCUT2D eigenvalue weighted by molar-refractivity contribution is -0.120. The molecular formula is C17H27NO2S. The van der Waals surface area contributed by atoms with Crippen LogP contribution in [0.3, 0.4) is 0 Å². The minimum atomic E-state index is -0.0553. The molecule has 3 nitrogen and oxygen atoms in total. The fourth-order valence-corrected chi connectivity index (χ4v) is 4.07. The first kappa shape index (κ1) is 16.5. The molecule has 4 heteroatoms. The number of rotatable bonds is 5. The summed E-state index contributed by atoms with van der Waals surface area (Å²) in [4.78, 5) is 12.8. The van der Waals surface area contributed by atoms with Gasteiger partial charge in [-0.2, -0.15) is 0 Å². The summed E-state index contributed by atoms with van der Waals surface area (Å²) in [6, 6.07) is 3.78. The van der Waals surface area contributed by atoms with Crippen molar-refractivity contribution in [3.05, 3.63) is 22.4 Å². The van der Waals surface area contributed by atoms with Gasteiger partial charge in [-0.05, 0) is 55.9 Å². The van der Waals surface area contributed by atoms with Crippen LogP contribution in [-0.2, 0) is 4.74 Å². The van der Waals surface area contributed by atoms with Crippen molar-refractivity contribution in [3.63, 3.8) is 0 Å². The van der Waals surface area contributed by atoms with Gasteiger partial charge in [0.2, 0.25) is 0 Å². The van der Waals surface area contributed by atoms with Gasteiger partial charge in [0.1, 0.15) is 0 Å². The Morgan fingerprint density at radius 3 is 2.81 bits per heavy atom. The third-order valence-electron chi connectivity index (χ3n) is 4.75. The van der Waals surface area contributed by atoms with Crippen LogP contribution in [0.15, 0.2) is 17.5 Å². The van der Waals surface area contributed by atoms with Crippen LogP contribution in [0.4, 0.5) is 0 Å². The maximum absolute atomic E-state index is 12.0. The Morgan fingerprint density at radius 1 is 1.48 bits per heavy atom. The van der Waals surface area contributed by atoms with Crippen LogP contribution in [-0.4, -0.2) is 24.7 Å². The van der Waals surface area contributed by atoms with Gasteiger partial charge in [0.05, 0.1) is 10.5 Å². The summed E-state index contributed by atoms with van der Waals surface area (Å²) < 4.78 is 5.87. The standard InChI is InChI=1S/C17H27NO2S/c1-13(2)17(8-10-20-16(3,4)12-17)7-9-18-15(19)14-6-5-11-21-14/h5-6,11,13H,7-10,12H2,1-4H3,(H,18,19). The summed E-state index contributed by atoms with van der Waals surface area (Å²) in [6.45, 7) is 10.5. The van der Waals surface area contributed by atoms with Crippen LogP contribution < -0.4 is 5.32 Å². The Labute approximate surface area is 132 Å². The molecule has 2 rings (SSSR count). The average molecular weight is 309 g/mol. The summed E-state index contributed by atoms with van der Waals surface area (Å²) >= 11 is 1.49. The molecule has 1 N–H and O–H groups in total. The number of carbonyl (C=O) groups excluding carboxylic acids is 1. The van der Waals surface area contributed by atoms with Gasteiger partial charge in [0.25, 0.3) is 5.91 Å². The van der Waals surface area contributed by atoms with E-state index in [9.17, 15) is 4.79 Å². The summed E-state index contributed by atoms with van der Waals surface area (Å²) in [5.74, 6) is 0.648. The van der Waals surface area contributed by atoms with Crippen molar-refractivity contribution >= 4 is 17.2 Å². The van der Waals surface area contributed by atoms with Crippen molar-refractivity contribution in [1.29, 1.82) is 0 Å². The molecule has 1 aromatic heterocycles. The highest BCUT2D eigenvalue weighted by molar-refractivity contribution is 7.12. The third-order valence-corrected chi connectivity index (χ3v) is 5.62. The molecule has 1 saturated heterocycles. The predicted molar refractivity (Wildman–Crippen MR) is 87.8 cm³/mol. The van der Waals surface area contributed by atoms with E-state index in [1.54, 1.807) is 0 Å². The molecule has 1 aliphatic rings. The van der Waals surface area contributed by atoms with Crippen LogP contribution in [0, 0.1) is 11.3 Å². The van der Waals surface area contributed by atoms with Crippen LogP contribution in [0.2, 0.25) is 0 Å². The highest BCUT2D eigenvalue weighted by Crippen LogP contribution is 2.46. The van der Waals surface area contributed by atoms with Crippen LogP contribution in [0.1, 0.15) is 56.6 Å². The average Bonchev–Trinajstić information content (AvgIpc) is 2.91. The number of carbonyl (C=O) groups is 1. The lowest BCUT2D eigenvalue weighted by Gasteiger charge is -2.47. The first-order valence-corrected chi connectivity index (χ1v) is 8.68. The molecule has 0 aliphatic carbocycles. The smallest absolute Gasteiger partial charge is 0.261 e. The fourth-order valence-electron chi connectivity index (χ4n) is 3.43. The molecule has 0 bridgehead atoms. The van der Waals surface area contributed by atoms with Gasteiger partial charge in [0, 0.05) is 13.2 Å². The van der Waals surface area contributed by atoms with Crippen molar-refractivity contribution in [1.82, 2.24) is 5.32 Å². The first-order valence-electron chi connectivity index (χ1n) is 7.80. The SMILES string of the molecule is CC(C)C1(CCNC(=O)c2cccs2)CCOC(C)(C)C1. The van der Waals surface area contributed by atoms with E-state index in [2.05, 4.69) is 33.0 Å². The Morgan fingerprint density at radius 2 is 2.24 bits per heavy atom. The number of ether oxygens (including phenoxy) is 1. The molecule has 1 atom stereocenters. The second-order valence-corrected chi connectivity index (χ2v) is 7.98. The number of nitrogens with one attached hydrogen (secondary N) is 1. The quantitative estimate of drug-likeness (QED) is 0.889. The largest absolute Gasteiger partial charge is 0.376 e. The highest BCUT2D eigenvalue weighted by atomic mass is 32.1. The van der Waals surface area contributed by atoms with Gasteiger partial charge >= 0.3 is 0 Å². The molecule has 1 aliphatic heterocycles. The zero-order chi connectivity index (χ0) is 15.5. The topological polar surface area (TPSA) is 38.3 Å². The van der Waals surface area contributed by atoms with E-state index in [0.717, 1.165) is 37.3 Å². The van der Waals surface area contributed by atoms with Crippen molar-refractivity contribution in [3.8, 4) is 0 Å². The van der Waals surface area contributed by atoms with Gasteiger partial charge in [-0.25, -0.2) is 0 Å². The Balaban J connectivity index is 1.93. The monoisotopic (exact) mass is 309 g/mol. The molecule has 118 valence electrons. The van der Waals surface area contributed by atoms with E-state index in [4.69, 9.17) is 4.74 Å². The zero-order valence-electron chi connectivity index (χ0n) is 13.6. The molecule has 2 heterocycles. The minimum absolute atomic E-state index is 0.0511. The molecule has 21 heavy (non-hydrogen) atoms. The van der Waals surface area contributed by atoms with E-state index < -0.39 is 0 Å². The second-order valence-electron chi connectivity index (χ2n) is 7.04. The van der Waals surface area contributed by atoms with Gasteiger partial charge in [-0.15, -0.1) is 11.3 Å². The second kappa shape index (κ2) is 6.49. The fraction of sp³-hybridized carbons (Fsp3) is 0.706. The van der Waals surface area contributed by atoms with Crippen LogP contribution in [0.25, 0.3) is 0 Å². The summed E-state index contributed by atoms with van der Waals surface area (Å²) in [5, 5.41) is 5.01. The van der Waals surface area contributed by atoms with E-state index >= 15 is 0 Å². The van der Waals surface area contributed by atoms with E-state index in [1.165, 1.54) is 11.3 Å². The number of hydrogen-bond acceptors (Lipinski definition) is 3. The molecule has 0 saturated carbocycles. The molecule has 0 aromatic carbocycles. The number of amides is 1. The lowest BCUT2D eigenvalue weighted by atomic mass is 9.65. The van der Waals surface area contributed by atoms with Gasteiger partial charge in [-0.3, -0.25) is 4.79 Å². The molecule has 0 spiro atoms. The van der Waals surface area contributed by atoms with E-state index in [0.29, 0.717) is 5.92 Å². The van der Waals surface area contributed by atoms with Gasteiger partial charge < -0.3 is 10.1 Å². The molecule has 1 fully saturated rings. The van der Waals surface area contributed by atoms with Gasteiger partial charge in [0.15, 0.2) is 0 Å². The molecular weight excluding hydrogens is 282 g/mol. The normalized spacial score (nSPS) is 25.0. The first-order chi connectivity index (χ1) is 9.85. The number of thiophene rings is 1. The van der Waals surface area contributed by atoms with E-state index in [-0.39, 0.29) is 16.9 Å². The van der Waals surface area contributed by atoms with Crippen molar-refractivity contribution < 1.29 is 9.53 Å². The van der Waals surface area contributed by atoms with Gasteiger partial charge in [-0.1, -0.05) is 19.9 Å². The molecule has 1 amide bonds. The maximum atomic E-state index is 12.0. The highest BCUT2D eigenvalue weighted by Gasteiger charge is 2.42. The lowest BCUT2D eigenvalue weighted by Crippen LogP contribution is -2.45. The van der Waals surface area contributed by atoms with Crippen LogP contribution >= 0.6 is 11.3 Å². The summed E-state index contributed by atoms with van der Waals surface area (Å²) in [5.41, 5.74) is 0.213. The Kier molecular flexibility index (Phi) is 5.10.